The molecule has 1 saturated heterocycles. The molecule has 0 bridgehead atoms. The summed E-state index contributed by atoms with van der Waals surface area (Å²) in [5.74, 6) is 0.0530. The van der Waals surface area contributed by atoms with Crippen molar-refractivity contribution in [2.75, 3.05) is 19.6 Å². The van der Waals surface area contributed by atoms with Crippen molar-refractivity contribution >= 4 is 41.3 Å². The minimum atomic E-state index is 0. The second kappa shape index (κ2) is 9.64. The van der Waals surface area contributed by atoms with Gasteiger partial charge in [-0.15, -0.1) is 23.7 Å². The van der Waals surface area contributed by atoms with Crippen molar-refractivity contribution in [3.8, 4) is 0 Å². The average Bonchev–Trinajstić information content (AvgIpc) is 2.83. The van der Waals surface area contributed by atoms with Crippen LogP contribution < -0.4 is 11.1 Å². The maximum Gasteiger partial charge on any atom is 0.221 e. The molecule has 2 rings (SSSR count). The molecule has 2 heterocycles. The van der Waals surface area contributed by atoms with E-state index in [1.54, 1.807) is 11.3 Å². The van der Waals surface area contributed by atoms with Gasteiger partial charge in [-0.25, -0.2) is 0 Å². The Morgan fingerprint density at radius 1 is 1.52 bits per heavy atom. The van der Waals surface area contributed by atoms with E-state index in [4.69, 9.17) is 17.3 Å². The molecule has 0 radical (unpaired) electrons. The summed E-state index contributed by atoms with van der Waals surface area (Å²) in [4.78, 5) is 15.3. The summed E-state index contributed by atoms with van der Waals surface area (Å²) < 4.78 is 0. The largest absolute Gasteiger partial charge is 0.354 e. The zero-order valence-corrected chi connectivity index (χ0v) is 14.4. The maximum atomic E-state index is 11.5. The molecule has 1 aromatic rings. The van der Waals surface area contributed by atoms with Gasteiger partial charge in [-0.05, 0) is 25.5 Å². The highest BCUT2D eigenvalue weighted by atomic mass is 35.5. The Labute approximate surface area is 141 Å². The van der Waals surface area contributed by atoms with Crippen molar-refractivity contribution in [2.45, 2.75) is 38.3 Å². The van der Waals surface area contributed by atoms with Gasteiger partial charge in [0, 0.05) is 42.4 Å². The second-order valence-electron chi connectivity index (χ2n) is 5.19. The van der Waals surface area contributed by atoms with E-state index < -0.39 is 0 Å². The molecule has 0 aromatic carbocycles. The van der Waals surface area contributed by atoms with Gasteiger partial charge in [0.25, 0.3) is 0 Å². The Hall–Kier alpha value is -0.330. The summed E-state index contributed by atoms with van der Waals surface area (Å²) in [7, 11) is 0. The van der Waals surface area contributed by atoms with Gasteiger partial charge >= 0.3 is 0 Å². The summed E-state index contributed by atoms with van der Waals surface area (Å²) in [6, 6.07) is 2.46. The van der Waals surface area contributed by atoms with Crippen LogP contribution in [0, 0.1) is 0 Å². The lowest BCUT2D eigenvalue weighted by molar-refractivity contribution is -0.121. The molecule has 1 aliphatic rings. The van der Waals surface area contributed by atoms with Crippen LogP contribution in [-0.4, -0.2) is 36.5 Å². The van der Waals surface area contributed by atoms with Crippen LogP contribution in [0.5, 0.6) is 0 Å². The number of hydrogen-bond donors (Lipinski definition) is 2. The second-order valence-corrected chi connectivity index (χ2v) is 6.63. The summed E-state index contributed by atoms with van der Waals surface area (Å²) >= 11 is 7.68. The third-order valence-electron chi connectivity index (χ3n) is 3.64. The lowest BCUT2D eigenvalue weighted by Gasteiger charge is -2.35. The molecule has 21 heavy (non-hydrogen) atoms. The van der Waals surface area contributed by atoms with Gasteiger partial charge in [0.1, 0.15) is 0 Å². The fourth-order valence-electron chi connectivity index (χ4n) is 2.59. The zero-order valence-electron chi connectivity index (χ0n) is 12.0. The number of rotatable bonds is 6. The van der Waals surface area contributed by atoms with Crippen LogP contribution in [0.3, 0.4) is 0 Å². The molecule has 1 amide bonds. The van der Waals surface area contributed by atoms with Crippen molar-refractivity contribution < 1.29 is 4.79 Å². The van der Waals surface area contributed by atoms with Gasteiger partial charge in [0.2, 0.25) is 5.91 Å². The predicted molar refractivity (Wildman–Crippen MR) is 91.3 cm³/mol. The molecule has 0 aliphatic carbocycles. The molecule has 7 heteroatoms. The van der Waals surface area contributed by atoms with Crippen LogP contribution >= 0.6 is 35.3 Å². The molecular weight excluding hydrogens is 329 g/mol. The molecule has 0 spiro atoms. The molecule has 1 aliphatic heterocycles. The Morgan fingerprint density at radius 2 is 2.33 bits per heavy atom. The Balaban J connectivity index is 0.00000220. The van der Waals surface area contributed by atoms with Crippen molar-refractivity contribution in [2.24, 2.45) is 5.73 Å². The number of amides is 1. The molecule has 1 fully saturated rings. The van der Waals surface area contributed by atoms with E-state index in [2.05, 4.69) is 10.2 Å². The fourth-order valence-corrected chi connectivity index (χ4v) is 3.68. The van der Waals surface area contributed by atoms with E-state index in [0.29, 0.717) is 19.0 Å². The fraction of sp³-hybridized carbons (Fsp3) is 0.643. The van der Waals surface area contributed by atoms with E-state index in [1.807, 2.05) is 11.4 Å². The Kier molecular flexibility index (Phi) is 8.59. The first-order chi connectivity index (χ1) is 9.69. The number of likely N-dealkylation sites (tertiary alicyclic amines) is 1. The number of halogens is 2. The van der Waals surface area contributed by atoms with E-state index in [1.165, 1.54) is 17.7 Å². The minimum absolute atomic E-state index is 0. The highest BCUT2D eigenvalue weighted by molar-refractivity contribution is 7.10. The number of nitrogens with one attached hydrogen (secondary N) is 1. The lowest BCUT2D eigenvalue weighted by Crippen LogP contribution is -2.46. The number of nitrogens with zero attached hydrogens (tertiary/aromatic N) is 1. The highest BCUT2D eigenvalue weighted by Gasteiger charge is 2.23. The van der Waals surface area contributed by atoms with Gasteiger partial charge < -0.3 is 11.1 Å². The molecule has 120 valence electrons. The van der Waals surface area contributed by atoms with Crippen LogP contribution in [0.4, 0.5) is 0 Å². The zero-order chi connectivity index (χ0) is 14.4. The van der Waals surface area contributed by atoms with Gasteiger partial charge in [-0.1, -0.05) is 18.0 Å². The molecule has 3 N–H and O–H groups in total. The summed E-state index contributed by atoms with van der Waals surface area (Å²) in [5.41, 5.74) is 5.39. The standard InChI is InChI=1S/C14H22ClN3OS.ClH/c15-11-7-13(20-10-11)9-18-6-2-1-3-12(18)8-17-14(19)4-5-16;/h7,10,12H,1-6,8-9,16H2,(H,17,19);1H. The van der Waals surface area contributed by atoms with E-state index in [0.717, 1.165) is 31.1 Å². The Morgan fingerprint density at radius 3 is 3.00 bits per heavy atom. The molecule has 0 saturated carbocycles. The Bertz CT molecular complexity index is 442. The summed E-state index contributed by atoms with van der Waals surface area (Å²) in [5, 5.41) is 5.78. The maximum absolute atomic E-state index is 11.5. The number of thiophene rings is 1. The molecule has 1 unspecified atom stereocenters. The van der Waals surface area contributed by atoms with Crippen LogP contribution in [0.25, 0.3) is 0 Å². The lowest BCUT2D eigenvalue weighted by atomic mass is 10.0. The first-order valence-corrected chi connectivity index (χ1v) is 8.38. The third kappa shape index (κ3) is 6.12. The smallest absolute Gasteiger partial charge is 0.221 e. The van der Waals surface area contributed by atoms with Crippen LogP contribution in [-0.2, 0) is 11.3 Å². The van der Waals surface area contributed by atoms with Crippen LogP contribution in [0.2, 0.25) is 5.02 Å². The van der Waals surface area contributed by atoms with E-state index >= 15 is 0 Å². The van der Waals surface area contributed by atoms with Crippen LogP contribution in [0.15, 0.2) is 11.4 Å². The quantitative estimate of drug-likeness (QED) is 0.828. The summed E-state index contributed by atoms with van der Waals surface area (Å²) in [6.45, 7) is 3.15. The van der Waals surface area contributed by atoms with E-state index in [9.17, 15) is 4.79 Å². The monoisotopic (exact) mass is 351 g/mol. The highest BCUT2D eigenvalue weighted by Crippen LogP contribution is 2.24. The van der Waals surface area contributed by atoms with Crippen molar-refractivity contribution in [1.82, 2.24) is 10.2 Å². The first-order valence-electron chi connectivity index (χ1n) is 7.13. The van der Waals surface area contributed by atoms with Crippen LogP contribution in [0.1, 0.15) is 30.6 Å². The van der Waals surface area contributed by atoms with Gasteiger partial charge in [-0.3, -0.25) is 9.69 Å². The topological polar surface area (TPSA) is 58.4 Å². The molecule has 1 atom stereocenters. The number of piperidine rings is 1. The molecule has 1 aromatic heterocycles. The average molecular weight is 352 g/mol. The van der Waals surface area contributed by atoms with Gasteiger partial charge in [-0.2, -0.15) is 0 Å². The minimum Gasteiger partial charge on any atom is -0.354 e. The number of carbonyl (C=O) groups excluding carboxylic acids is 1. The van der Waals surface area contributed by atoms with E-state index in [-0.39, 0.29) is 18.3 Å². The third-order valence-corrected chi connectivity index (χ3v) is 4.91. The first kappa shape index (κ1) is 18.7. The molecular formula is C14H23Cl2N3OS. The van der Waals surface area contributed by atoms with Crippen molar-refractivity contribution in [3.63, 3.8) is 0 Å². The van der Waals surface area contributed by atoms with Crippen molar-refractivity contribution in [3.05, 3.63) is 21.3 Å². The summed E-state index contributed by atoms with van der Waals surface area (Å²) in [6.07, 6.45) is 4.01. The number of hydrogen-bond acceptors (Lipinski definition) is 4. The number of carbonyl (C=O) groups is 1. The van der Waals surface area contributed by atoms with Crippen molar-refractivity contribution in [1.29, 1.82) is 0 Å². The number of nitrogens with two attached hydrogens (primary N) is 1. The van der Waals surface area contributed by atoms with Gasteiger partial charge in [0.15, 0.2) is 0 Å². The predicted octanol–water partition coefficient (Wildman–Crippen LogP) is 2.64. The SMILES string of the molecule is Cl.NCCC(=O)NCC1CCCCN1Cc1cc(Cl)cs1. The van der Waals surface area contributed by atoms with Gasteiger partial charge in [0.05, 0.1) is 5.02 Å². The molecule has 4 nitrogen and oxygen atoms in total. The normalized spacial score (nSPS) is 19.0.